The summed E-state index contributed by atoms with van der Waals surface area (Å²) in [7, 11) is 0. The summed E-state index contributed by atoms with van der Waals surface area (Å²) in [6.45, 7) is 2.96. The van der Waals surface area contributed by atoms with Gasteiger partial charge in [0.2, 0.25) is 5.91 Å². The third kappa shape index (κ3) is 7.99. The number of carbonyl (C=O) groups excluding carboxylic acids is 3. The van der Waals surface area contributed by atoms with E-state index in [4.69, 9.17) is 27.9 Å². The van der Waals surface area contributed by atoms with E-state index in [1.54, 1.807) is 32.0 Å². The minimum absolute atomic E-state index is 0.0166. The summed E-state index contributed by atoms with van der Waals surface area (Å²) in [4.78, 5) is 34.4. The molecule has 8 heteroatoms. The van der Waals surface area contributed by atoms with Crippen molar-refractivity contribution in [2.24, 2.45) is 0 Å². The Morgan fingerprint density at radius 3 is 2.54 bits per heavy atom. The number of esters is 1. The highest BCUT2D eigenvalue weighted by Crippen LogP contribution is 2.21. The third-order valence-corrected chi connectivity index (χ3v) is 3.17. The fraction of sp³-hybridized carbons (Fsp3) is 0.312. The molecule has 0 aliphatic carbocycles. The maximum atomic E-state index is 11.5. The summed E-state index contributed by atoms with van der Waals surface area (Å²) >= 11 is 11.7. The lowest BCUT2D eigenvalue weighted by molar-refractivity contribution is -0.143. The second-order valence-corrected chi connectivity index (χ2v) is 5.95. The predicted octanol–water partition coefficient (Wildman–Crippen LogP) is 2.19. The first kappa shape index (κ1) is 20.0. The molecule has 130 valence electrons. The van der Waals surface area contributed by atoms with Crippen LogP contribution in [0.2, 0.25) is 10.0 Å². The molecular formula is C16H18Cl2N2O4. The van der Waals surface area contributed by atoms with Crippen LogP contribution in [0.3, 0.4) is 0 Å². The number of hydrogen-bond acceptors (Lipinski definition) is 4. The fourth-order valence-corrected chi connectivity index (χ4v) is 2.05. The zero-order chi connectivity index (χ0) is 18.1. The van der Waals surface area contributed by atoms with Crippen LogP contribution in [0.25, 0.3) is 6.08 Å². The van der Waals surface area contributed by atoms with Crippen molar-refractivity contribution < 1.29 is 19.1 Å². The van der Waals surface area contributed by atoms with Crippen molar-refractivity contribution in [1.29, 1.82) is 0 Å². The van der Waals surface area contributed by atoms with Gasteiger partial charge in [-0.2, -0.15) is 0 Å². The Morgan fingerprint density at radius 2 is 1.92 bits per heavy atom. The van der Waals surface area contributed by atoms with Gasteiger partial charge in [-0.25, -0.2) is 4.79 Å². The van der Waals surface area contributed by atoms with Gasteiger partial charge in [0.1, 0.15) is 0 Å². The smallest absolute Gasteiger partial charge is 0.331 e. The average Bonchev–Trinajstić information content (AvgIpc) is 2.49. The molecule has 6 nitrogen and oxygen atoms in total. The Bertz CT molecular complexity index is 645. The molecule has 0 saturated heterocycles. The van der Waals surface area contributed by atoms with Crippen LogP contribution in [-0.4, -0.2) is 37.0 Å². The Labute approximate surface area is 150 Å². The van der Waals surface area contributed by atoms with Gasteiger partial charge in [-0.3, -0.25) is 9.59 Å². The monoisotopic (exact) mass is 372 g/mol. The Morgan fingerprint density at radius 1 is 1.21 bits per heavy atom. The van der Waals surface area contributed by atoms with E-state index in [-0.39, 0.29) is 18.5 Å². The Balaban J connectivity index is 2.36. The summed E-state index contributed by atoms with van der Waals surface area (Å²) in [5, 5.41) is 5.83. The second-order valence-electron chi connectivity index (χ2n) is 5.11. The molecule has 24 heavy (non-hydrogen) atoms. The van der Waals surface area contributed by atoms with E-state index in [0.717, 1.165) is 6.08 Å². The van der Waals surface area contributed by atoms with Crippen molar-refractivity contribution >= 4 is 47.1 Å². The molecule has 0 radical (unpaired) electrons. The van der Waals surface area contributed by atoms with Crippen molar-refractivity contribution in [1.82, 2.24) is 10.6 Å². The quantitative estimate of drug-likeness (QED) is 0.567. The summed E-state index contributed by atoms with van der Waals surface area (Å²) in [5.74, 6) is -1.59. The molecular weight excluding hydrogens is 355 g/mol. The van der Waals surface area contributed by atoms with E-state index >= 15 is 0 Å². The molecule has 1 rings (SSSR count). The predicted molar refractivity (Wildman–Crippen MR) is 92.7 cm³/mol. The van der Waals surface area contributed by atoms with Crippen molar-refractivity contribution in [2.75, 3.05) is 13.2 Å². The molecule has 1 aromatic carbocycles. The number of rotatable bonds is 7. The fourth-order valence-electron chi connectivity index (χ4n) is 1.58. The highest BCUT2D eigenvalue weighted by atomic mass is 35.5. The summed E-state index contributed by atoms with van der Waals surface area (Å²) in [6.07, 6.45) is 2.60. The van der Waals surface area contributed by atoms with E-state index in [1.165, 1.54) is 6.08 Å². The normalized spacial score (nSPS) is 10.7. The SMILES string of the molecule is CC(C)NC(=O)CNC(=O)COC(=O)/C=C/c1ccc(Cl)cc1Cl. The largest absolute Gasteiger partial charge is 0.452 e. The van der Waals surface area contributed by atoms with Crippen molar-refractivity contribution in [3.05, 3.63) is 39.9 Å². The molecule has 0 aliphatic heterocycles. The molecule has 0 aromatic heterocycles. The van der Waals surface area contributed by atoms with Gasteiger partial charge >= 0.3 is 5.97 Å². The van der Waals surface area contributed by atoms with E-state index in [2.05, 4.69) is 10.6 Å². The zero-order valence-electron chi connectivity index (χ0n) is 13.3. The van der Waals surface area contributed by atoms with Crippen molar-refractivity contribution in [3.8, 4) is 0 Å². The van der Waals surface area contributed by atoms with Crippen LogP contribution in [0.1, 0.15) is 19.4 Å². The minimum Gasteiger partial charge on any atom is -0.452 e. The lowest BCUT2D eigenvalue weighted by Gasteiger charge is -2.09. The molecule has 0 atom stereocenters. The highest BCUT2D eigenvalue weighted by Gasteiger charge is 2.08. The van der Waals surface area contributed by atoms with E-state index < -0.39 is 18.5 Å². The van der Waals surface area contributed by atoms with Crippen LogP contribution in [0, 0.1) is 0 Å². The van der Waals surface area contributed by atoms with E-state index in [0.29, 0.717) is 15.6 Å². The van der Waals surface area contributed by atoms with E-state index in [9.17, 15) is 14.4 Å². The Hall–Kier alpha value is -2.05. The van der Waals surface area contributed by atoms with Crippen LogP contribution >= 0.6 is 23.2 Å². The first-order chi connectivity index (χ1) is 11.3. The van der Waals surface area contributed by atoms with Crippen molar-refractivity contribution in [3.63, 3.8) is 0 Å². The van der Waals surface area contributed by atoms with E-state index in [1.807, 2.05) is 0 Å². The lowest BCUT2D eigenvalue weighted by atomic mass is 10.2. The maximum Gasteiger partial charge on any atom is 0.331 e. The number of hydrogen-bond donors (Lipinski definition) is 2. The highest BCUT2D eigenvalue weighted by molar-refractivity contribution is 6.35. The number of carbonyl (C=O) groups is 3. The maximum absolute atomic E-state index is 11.5. The van der Waals surface area contributed by atoms with Gasteiger partial charge in [-0.05, 0) is 37.6 Å². The summed E-state index contributed by atoms with van der Waals surface area (Å²) in [5.41, 5.74) is 0.591. The molecule has 0 bridgehead atoms. The van der Waals surface area contributed by atoms with Gasteiger partial charge in [0, 0.05) is 22.2 Å². The number of benzene rings is 1. The Kier molecular flexibility index (Phi) is 8.29. The topological polar surface area (TPSA) is 84.5 Å². The molecule has 0 saturated carbocycles. The zero-order valence-corrected chi connectivity index (χ0v) is 14.8. The van der Waals surface area contributed by atoms with Crippen LogP contribution < -0.4 is 10.6 Å². The number of amides is 2. The van der Waals surface area contributed by atoms with Crippen LogP contribution in [0.5, 0.6) is 0 Å². The average molecular weight is 373 g/mol. The van der Waals surface area contributed by atoms with Crippen molar-refractivity contribution in [2.45, 2.75) is 19.9 Å². The molecule has 2 N–H and O–H groups in total. The van der Waals surface area contributed by atoms with Gasteiger partial charge in [-0.15, -0.1) is 0 Å². The first-order valence-electron chi connectivity index (χ1n) is 7.14. The van der Waals surface area contributed by atoms with Crippen LogP contribution in [-0.2, 0) is 19.1 Å². The third-order valence-electron chi connectivity index (χ3n) is 2.60. The number of halogens is 2. The minimum atomic E-state index is -0.706. The van der Waals surface area contributed by atoms with Gasteiger partial charge < -0.3 is 15.4 Å². The molecule has 0 spiro atoms. The molecule has 0 aliphatic rings. The number of ether oxygens (including phenoxy) is 1. The molecule has 0 heterocycles. The lowest BCUT2D eigenvalue weighted by Crippen LogP contribution is -2.41. The standard InChI is InChI=1S/C16H18Cl2N2O4/c1-10(2)20-14(21)8-19-15(22)9-24-16(23)6-4-11-3-5-12(17)7-13(11)18/h3-7,10H,8-9H2,1-2H3,(H,19,22)(H,20,21)/b6-4+. The van der Waals surface area contributed by atoms with Gasteiger partial charge in [-0.1, -0.05) is 29.3 Å². The molecule has 1 aromatic rings. The first-order valence-corrected chi connectivity index (χ1v) is 7.89. The summed E-state index contributed by atoms with van der Waals surface area (Å²) < 4.78 is 4.76. The van der Waals surface area contributed by atoms with Crippen LogP contribution in [0.4, 0.5) is 0 Å². The van der Waals surface area contributed by atoms with Gasteiger partial charge in [0.15, 0.2) is 6.61 Å². The number of nitrogens with one attached hydrogen (secondary N) is 2. The molecule has 2 amide bonds. The van der Waals surface area contributed by atoms with Crippen LogP contribution in [0.15, 0.2) is 24.3 Å². The summed E-state index contributed by atoms with van der Waals surface area (Å²) in [6, 6.07) is 4.81. The second kappa shape index (κ2) is 9.95. The molecule has 0 fully saturated rings. The van der Waals surface area contributed by atoms with Gasteiger partial charge in [0.25, 0.3) is 5.91 Å². The van der Waals surface area contributed by atoms with Gasteiger partial charge in [0.05, 0.1) is 6.54 Å². The molecule has 0 unspecified atom stereocenters.